The van der Waals surface area contributed by atoms with E-state index in [4.69, 9.17) is 15.1 Å². The van der Waals surface area contributed by atoms with Crippen LogP contribution in [0.1, 0.15) is 26.2 Å². The maximum atomic E-state index is 11.9. The molecule has 0 saturated carbocycles. The van der Waals surface area contributed by atoms with Crippen molar-refractivity contribution in [2.24, 2.45) is 0 Å². The summed E-state index contributed by atoms with van der Waals surface area (Å²) < 4.78 is 4.90. The predicted molar refractivity (Wildman–Crippen MR) is 68.5 cm³/mol. The molecular formula is C12H21N3O4. The number of carbonyl (C=O) groups excluding carboxylic acids is 1. The van der Waals surface area contributed by atoms with Crippen molar-refractivity contribution in [1.29, 1.82) is 5.26 Å². The Hall–Kier alpha value is -1.81. The van der Waals surface area contributed by atoms with Gasteiger partial charge in [-0.25, -0.2) is 4.79 Å². The first-order valence-electron chi connectivity index (χ1n) is 6.14. The second-order valence-electron chi connectivity index (χ2n) is 4.17. The minimum Gasteiger partial charge on any atom is -0.481 e. The standard InChI is InChI=1S/C12H21N3O4/c1-10(4-5-11(16)17)14-12(18)15(7-3-6-13)8-9-19-2/h10H,3-5,7-9H2,1-2H3,(H,14,18)(H,16,17). The summed E-state index contributed by atoms with van der Waals surface area (Å²) in [6, 6.07) is 1.46. The maximum Gasteiger partial charge on any atom is 0.317 e. The van der Waals surface area contributed by atoms with Crippen LogP contribution in [-0.2, 0) is 9.53 Å². The molecule has 7 nitrogen and oxygen atoms in total. The first kappa shape index (κ1) is 17.2. The van der Waals surface area contributed by atoms with Gasteiger partial charge in [-0.2, -0.15) is 5.26 Å². The molecule has 108 valence electrons. The van der Waals surface area contributed by atoms with E-state index in [1.165, 1.54) is 12.0 Å². The lowest BCUT2D eigenvalue weighted by Gasteiger charge is -2.24. The van der Waals surface area contributed by atoms with Gasteiger partial charge in [0, 0.05) is 32.7 Å². The Morgan fingerprint density at radius 3 is 2.68 bits per heavy atom. The zero-order valence-corrected chi connectivity index (χ0v) is 11.4. The number of aliphatic carboxylic acids is 1. The van der Waals surface area contributed by atoms with E-state index in [1.807, 2.05) is 6.07 Å². The largest absolute Gasteiger partial charge is 0.481 e. The molecule has 19 heavy (non-hydrogen) atoms. The van der Waals surface area contributed by atoms with Gasteiger partial charge in [-0.05, 0) is 13.3 Å². The van der Waals surface area contributed by atoms with Crippen molar-refractivity contribution in [3.63, 3.8) is 0 Å². The Morgan fingerprint density at radius 1 is 1.47 bits per heavy atom. The van der Waals surface area contributed by atoms with E-state index >= 15 is 0 Å². The smallest absolute Gasteiger partial charge is 0.317 e. The fraction of sp³-hybridized carbons (Fsp3) is 0.750. The molecule has 1 atom stereocenters. The Labute approximate surface area is 113 Å². The summed E-state index contributed by atoms with van der Waals surface area (Å²) in [5.41, 5.74) is 0. The van der Waals surface area contributed by atoms with Crippen LogP contribution in [0.3, 0.4) is 0 Å². The van der Waals surface area contributed by atoms with Crippen LogP contribution < -0.4 is 5.32 Å². The number of rotatable bonds is 9. The third-order valence-electron chi connectivity index (χ3n) is 2.51. The van der Waals surface area contributed by atoms with E-state index in [0.29, 0.717) is 26.1 Å². The number of carbonyl (C=O) groups is 2. The summed E-state index contributed by atoms with van der Waals surface area (Å²) in [7, 11) is 1.54. The fourth-order valence-electron chi connectivity index (χ4n) is 1.42. The van der Waals surface area contributed by atoms with Gasteiger partial charge < -0.3 is 20.1 Å². The normalized spacial score (nSPS) is 11.4. The molecule has 0 aliphatic carbocycles. The molecule has 0 fully saturated rings. The monoisotopic (exact) mass is 271 g/mol. The number of nitrogens with zero attached hydrogens (tertiary/aromatic N) is 2. The summed E-state index contributed by atoms with van der Waals surface area (Å²) >= 11 is 0. The second-order valence-corrected chi connectivity index (χ2v) is 4.17. The summed E-state index contributed by atoms with van der Waals surface area (Å²) in [5.74, 6) is -0.887. The Morgan fingerprint density at radius 2 is 2.16 bits per heavy atom. The van der Waals surface area contributed by atoms with Crippen molar-refractivity contribution in [2.75, 3.05) is 26.8 Å². The molecule has 0 spiro atoms. The van der Waals surface area contributed by atoms with E-state index in [2.05, 4.69) is 5.32 Å². The highest BCUT2D eigenvalue weighted by Crippen LogP contribution is 1.99. The molecule has 0 aromatic heterocycles. The van der Waals surface area contributed by atoms with E-state index in [-0.39, 0.29) is 24.9 Å². The number of nitriles is 1. The van der Waals surface area contributed by atoms with Gasteiger partial charge in [0.1, 0.15) is 0 Å². The molecule has 0 aromatic rings. The van der Waals surface area contributed by atoms with E-state index in [0.717, 1.165) is 0 Å². The van der Waals surface area contributed by atoms with Crippen LogP contribution >= 0.6 is 0 Å². The number of nitrogens with one attached hydrogen (secondary N) is 1. The van der Waals surface area contributed by atoms with Gasteiger partial charge in [0.25, 0.3) is 0 Å². The van der Waals surface area contributed by atoms with Crippen LogP contribution in [0.15, 0.2) is 0 Å². The first-order chi connectivity index (χ1) is 9.01. The van der Waals surface area contributed by atoms with Crippen LogP contribution in [0.25, 0.3) is 0 Å². The fourth-order valence-corrected chi connectivity index (χ4v) is 1.42. The lowest BCUT2D eigenvalue weighted by atomic mass is 10.2. The SMILES string of the molecule is COCCN(CCC#N)C(=O)NC(C)CCC(=O)O. The first-order valence-corrected chi connectivity index (χ1v) is 6.14. The molecule has 0 radical (unpaired) electrons. The molecule has 0 aliphatic rings. The van der Waals surface area contributed by atoms with Gasteiger partial charge in [0.15, 0.2) is 0 Å². The highest BCUT2D eigenvalue weighted by atomic mass is 16.5. The molecule has 0 rings (SSSR count). The number of ether oxygens (including phenoxy) is 1. The van der Waals surface area contributed by atoms with Gasteiger partial charge in [-0.15, -0.1) is 0 Å². The molecule has 7 heteroatoms. The lowest BCUT2D eigenvalue weighted by molar-refractivity contribution is -0.137. The van der Waals surface area contributed by atoms with E-state index in [9.17, 15) is 9.59 Å². The molecule has 2 N–H and O–H groups in total. The zero-order valence-electron chi connectivity index (χ0n) is 11.4. The maximum absolute atomic E-state index is 11.9. The van der Waals surface area contributed by atoms with Gasteiger partial charge in [0.2, 0.25) is 0 Å². The predicted octanol–water partition coefficient (Wildman–Crippen LogP) is 0.811. The average molecular weight is 271 g/mol. The van der Waals surface area contributed by atoms with Crippen LogP contribution in [-0.4, -0.2) is 54.9 Å². The Balaban J connectivity index is 4.21. The van der Waals surface area contributed by atoms with Gasteiger partial charge in [-0.3, -0.25) is 4.79 Å². The summed E-state index contributed by atoms with van der Waals surface area (Å²) in [6.07, 6.45) is 0.635. The number of amides is 2. The second kappa shape index (κ2) is 10.1. The number of hydrogen-bond acceptors (Lipinski definition) is 4. The molecule has 0 aliphatic heterocycles. The van der Waals surface area contributed by atoms with Crippen molar-refractivity contribution in [3.8, 4) is 6.07 Å². The Kier molecular flexibility index (Phi) is 9.18. The number of methoxy groups -OCH3 is 1. The van der Waals surface area contributed by atoms with Crippen molar-refractivity contribution >= 4 is 12.0 Å². The molecule has 2 amide bonds. The molecular weight excluding hydrogens is 250 g/mol. The van der Waals surface area contributed by atoms with Crippen molar-refractivity contribution in [1.82, 2.24) is 10.2 Å². The van der Waals surface area contributed by atoms with Crippen molar-refractivity contribution in [2.45, 2.75) is 32.2 Å². The highest BCUT2D eigenvalue weighted by molar-refractivity contribution is 5.74. The van der Waals surface area contributed by atoms with Crippen molar-refractivity contribution in [3.05, 3.63) is 0 Å². The van der Waals surface area contributed by atoms with Crippen LogP contribution in [0.2, 0.25) is 0 Å². The lowest BCUT2D eigenvalue weighted by Crippen LogP contribution is -2.45. The average Bonchev–Trinajstić information content (AvgIpc) is 2.36. The molecule has 1 unspecified atom stereocenters. The van der Waals surface area contributed by atoms with Gasteiger partial charge >= 0.3 is 12.0 Å². The number of carboxylic acid groups (broad SMARTS) is 1. The zero-order chi connectivity index (χ0) is 14.7. The summed E-state index contributed by atoms with van der Waals surface area (Å²) in [6.45, 7) is 2.87. The minimum atomic E-state index is -0.887. The van der Waals surface area contributed by atoms with E-state index < -0.39 is 5.97 Å². The third kappa shape index (κ3) is 8.85. The number of hydrogen-bond donors (Lipinski definition) is 2. The molecule has 0 bridgehead atoms. The number of urea groups is 1. The molecule has 0 aromatic carbocycles. The highest BCUT2D eigenvalue weighted by Gasteiger charge is 2.15. The van der Waals surface area contributed by atoms with Crippen LogP contribution in [0.4, 0.5) is 4.79 Å². The molecule has 0 heterocycles. The quantitative estimate of drug-likeness (QED) is 0.646. The van der Waals surface area contributed by atoms with Crippen molar-refractivity contribution < 1.29 is 19.4 Å². The minimum absolute atomic E-state index is 0.0116. The number of carboxylic acids is 1. The van der Waals surface area contributed by atoms with E-state index in [1.54, 1.807) is 6.92 Å². The van der Waals surface area contributed by atoms with Gasteiger partial charge in [-0.1, -0.05) is 0 Å². The Bertz CT molecular complexity index is 327. The van der Waals surface area contributed by atoms with Gasteiger partial charge in [0.05, 0.1) is 19.1 Å². The summed E-state index contributed by atoms with van der Waals surface area (Å²) in [4.78, 5) is 23.8. The van der Waals surface area contributed by atoms with Crippen LogP contribution in [0, 0.1) is 11.3 Å². The summed E-state index contributed by atoms with van der Waals surface area (Å²) in [5, 5.41) is 19.8. The molecule has 0 saturated heterocycles. The third-order valence-corrected chi connectivity index (χ3v) is 2.51. The van der Waals surface area contributed by atoms with Crippen LogP contribution in [0.5, 0.6) is 0 Å². The topological polar surface area (TPSA) is 103 Å².